The Bertz CT molecular complexity index is 1220. The van der Waals surface area contributed by atoms with Crippen molar-refractivity contribution >= 4 is 29.5 Å². The van der Waals surface area contributed by atoms with E-state index in [9.17, 15) is 24.3 Å². The molecule has 1 saturated heterocycles. The fourth-order valence-corrected chi connectivity index (χ4v) is 5.19. The van der Waals surface area contributed by atoms with E-state index in [1.165, 1.54) is 6.07 Å². The molecule has 3 rings (SSSR count). The van der Waals surface area contributed by atoms with E-state index in [1.807, 2.05) is 51.1 Å². The van der Waals surface area contributed by atoms with Crippen LogP contribution in [0.5, 0.6) is 0 Å². The molecule has 0 bridgehead atoms. The minimum absolute atomic E-state index is 0.0148. The smallest absolute Gasteiger partial charge is 0.409 e. The predicted molar refractivity (Wildman–Crippen MR) is 150 cm³/mol. The minimum Gasteiger partial charge on any atom is -0.465 e. The fraction of sp³-hybridized carbons (Fsp3) is 0.467. The summed E-state index contributed by atoms with van der Waals surface area (Å²) >= 11 is 0. The number of carbonyl (C=O) groups excluding carboxylic acids is 3. The van der Waals surface area contributed by atoms with Gasteiger partial charge in [-0.3, -0.25) is 14.5 Å². The van der Waals surface area contributed by atoms with Crippen LogP contribution in [0, 0.1) is 12.3 Å². The second kappa shape index (κ2) is 12.9. The highest BCUT2D eigenvalue weighted by Crippen LogP contribution is 2.38. The Hall–Kier alpha value is -3.95. The molecule has 0 aliphatic carbocycles. The molecule has 0 unspecified atom stereocenters. The summed E-state index contributed by atoms with van der Waals surface area (Å²) in [6.45, 7) is 9.05. The number of urea groups is 1. The fourth-order valence-electron chi connectivity index (χ4n) is 5.19. The van der Waals surface area contributed by atoms with Crippen molar-refractivity contribution < 1.29 is 28.8 Å². The first-order valence-electron chi connectivity index (χ1n) is 13.6. The van der Waals surface area contributed by atoms with Crippen LogP contribution in [0.4, 0.5) is 19.8 Å². The molecule has 1 heterocycles. The molecule has 216 valence electrons. The molecular weight excluding hydrogens is 515 g/mol. The van der Waals surface area contributed by atoms with Crippen LogP contribution in [-0.4, -0.2) is 57.5 Å². The van der Waals surface area contributed by atoms with Crippen molar-refractivity contribution in [2.45, 2.75) is 78.6 Å². The van der Waals surface area contributed by atoms with Gasteiger partial charge in [0.1, 0.15) is 12.2 Å². The van der Waals surface area contributed by atoms with Crippen LogP contribution >= 0.6 is 0 Å². The van der Waals surface area contributed by atoms with Crippen LogP contribution < -0.4 is 10.4 Å². The Kier molecular flexibility index (Phi) is 9.89. The van der Waals surface area contributed by atoms with Crippen LogP contribution in [0.3, 0.4) is 0 Å². The molecule has 0 saturated carbocycles. The van der Waals surface area contributed by atoms with E-state index in [0.29, 0.717) is 18.4 Å². The van der Waals surface area contributed by atoms with Gasteiger partial charge in [0, 0.05) is 6.54 Å². The number of nitrogens with zero attached hydrogens (tertiary/aromatic N) is 3. The molecule has 9 nitrogen and oxygen atoms in total. The lowest BCUT2D eigenvalue weighted by Gasteiger charge is -2.38. The third kappa shape index (κ3) is 6.97. The molecule has 3 atom stereocenters. The zero-order chi connectivity index (χ0) is 29.6. The van der Waals surface area contributed by atoms with E-state index >= 15 is 4.48 Å². The highest BCUT2D eigenvalue weighted by Gasteiger charge is 2.49. The third-order valence-electron chi connectivity index (χ3n) is 7.32. The Morgan fingerprint density at radius 3 is 2.33 bits per heavy atom. The summed E-state index contributed by atoms with van der Waals surface area (Å²) in [6.07, 6.45) is -1.21. The van der Waals surface area contributed by atoms with E-state index in [1.54, 1.807) is 32.0 Å². The van der Waals surface area contributed by atoms with Gasteiger partial charge in [-0.05, 0) is 49.3 Å². The van der Waals surface area contributed by atoms with Crippen molar-refractivity contribution in [3.8, 4) is 0 Å². The summed E-state index contributed by atoms with van der Waals surface area (Å²) in [5.74, 6) is -1.82. The number of carbonyl (C=O) groups is 4. The van der Waals surface area contributed by atoms with Gasteiger partial charge in [-0.1, -0.05) is 86.6 Å². The van der Waals surface area contributed by atoms with E-state index in [-0.39, 0.29) is 30.2 Å². The first-order chi connectivity index (χ1) is 18.9. The first-order valence-corrected chi connectivity index (χ1v) is 13.6. The lowest BCUT2D eigenvalue weighted by molar-refractivity contribution is -0.142. The summed E-state index contributed by atoms with van der Waals surface area (Å²) in [4.78, 5) is 54.9. The van der Waals surface area contributed by atoms with E-state index in [2.05, 4.69) is 5.32 Å². The van der Waals surface area contributed by atoms with Gasteiger partial charge in [0.05, 0.1) is 11.7 Å². The quantitative estimate of drug-likeness (QED) is 0.283. The number of ketones is 1. The Labute approximate surface area is 234 Å². The van der Waals surface area contributed by atoms with E-state index in [0.717, 1.165) is 15.4 Å². The molecule has 0 spiro atoms. The lowest BCUT2D eigenvalue weighted by Crippen LogP contribution is -2.59. The van der Waals surface area contributed by atoms with Crippen molar-refractivity contribution in [1.29, 1.82) is 0 Å². The van der Waals surface area contributed by atoms with Gasteiger partial charge in [-0.25, -0.2) is 9.59 Å². The maximum absolute atomic E-state index is 15.5. The van der Waals surface area contributed by atoms with E-state index < -0.39 is 47.5 Å². The highest BCUT2D eigenvalue weighted by molar-refractivity contribution is 6.38. The number of amides is 4. The van der Waals surface area contributed by atoms with E-state index in [4.69, 9.17) is 0 Å². The summed E-state index contributed by atoms with van der Waals surface area (Å²) in [7, 11) is 0. The largest absolute Gasteiger partial charge is 0.465 e. The van der Waals surface area contributed by atoms with Crippen LogP contribution in [-0.2, 0) is 9.59 Å². The van der Waals surface area contributed by atoms with Crippen molar-refractivity contribution in [3.63, 3.8) is 0 Å². The lowest BCUT2D eigenvalue weighted by atomic mass is 9.91. The van der Waals surface area contributed by atoms with Crippen LogP contribution in [0.2, 0.25) is 0 Å². The number of anilines is 1. The summed E-state index contributed by atoms with van der Waals surface area (Å²) in [5.41, 5.74) is 0.801. The van der Waals surface area contributed by atoms with Gasteiger partial charge in [0.15, 0.2) is 0 Å². The number of para-hydroxylation sites is 1. The molecule has 2 N–H and O–H groups in total. The summed E-state index contributed by atoms with van der Waals surface area (Å²) in [5, 5.41) is 13.1. The zero-order valence-corrected chi connectivity index (χ0v) is 23.8. The molecule has 1 aliphatic heterocycles. The summed E-state index contributed by atoms with van der Waals surface area (Å²) in [6, 6.07) is 12.7. The Morgan fingerprint density at radius 2 is 1.73 bits per heavy atom. The number of halogens is 1. The van der Waals surface area contributed by atoms with Gasteiger partial charge in [-0.2, -0.15) is 0 Å². The van der Waals surface area contributed by atoms with Crippen LogP contribution in [0.1, 0.15) is 70.5 Å². The van der Waals surface area contributed by atoms with Gasteiger partial charge >= 0.3 is 12.1 Å². The number of aryl methyl sites for hydroxylation is 1. The van der Waals surface area contributed by atoms with Crippen molar-refractivity contribution in [2.24, 2.45) is 5.41 Å². The molecule has 4 amide bonds. The molecule has 10 heteroatoms. The molecule has 0 aromatic heterocycles. The highest BCUT2D eigenvalue weighted by atomic mass is 19.2. The molecular formula is C30H39FN4O5. The first kappa shape index (κ1) is 30.6. The monoisotopic (exact) mass is 554 g/mol. The number of Topliss-reactive ketones (excluding diaryl/α,β-unsaturated/α-hetero) is 1. The SMILES string of the molecule is CCCC[C@@H](C(=O)C(=O)N[C@H](C)c1ccccc1)N(C(=O)O)[C@H]1CC(C)(C)CN1C(=O)N(F)c1ccccc1C. The molecule has 40 heavy (non-hydrogen) atoms. The number of benzene rings is 2. The molecule has 2 aromatic rings. The number of hydrogen-bond acceptors (Lipinski definition) is 4. The van der Waals surface area contributed by atoms with Crippen molar-refractivity contribution in [2.75, 3.05) is 11.7 Å². The number of rotatable bonds is 10. The molecule has 0 radical (unpaired) electrons. The summed E-state index contributed by atoms with van der Waals surface area (Å²) < 4.78 is 15.5. The second-order valence-electron chi connectivity index (χ2n) is 11.1. The maximum atomic E-state index is 15.5. The number of nitrogens with one attached hydrogen (secondary N) is 1. The topological polar surface area (TPSA) is 110 Å². The predicted octanol–water partition coefficient (Wildman–Crippen LogP) is 5.85. The Morgan fingerprint density at radius 1 is 1.10 bits per heavy atom. The average molecular weight is 555 g/mol. The number of carboxylic acid groups (broad SMARTS) is 1. The number of hydrogen-bond donors (Lipinski definition) is 2. The van der Waals surface area contributed by atoms with Gasteiger partial charge in [0.2, 0.25) is 5.78 Å². The van der Waals surface area contributed by atoms with Crippen molar-refractivity contribution in [1.82, 2.24) is 15.1 Å². The number of unbranched alkanes of at least 4 members (excludes halogenated alkanes) is 1. The van der Waals surface area contributed by atoms with Gasteiger partial charge in [0.25, 0.3) is 5.91 Å². The second-order valence-corrected chi connectivity index (χ2v) is 11.1. The third-order valence-corrected chi connectivity index (χ3v) is 7.32. The standard InChI is InChI=1S/C30H39FN4O5/c1-6-7-16-24(26(36)27(37)32-21(3)22-14-9-8-10-15-22)34(29(39)40)25-18-30(4,5)19-33(25)28(38)35(31)23-17-12-11-13-20(23)2/h8-15,17,21,24-25H,6-7,16,18-19H2,1-5H3,(H,32,37)(H,39,40)/t21-,24+,25+/m1/s1. The van der Waals surface area contributed by atoms with Crippen LogP contribution in [0.15, 0.2) is 54.6 Å². The minimum atomic E-state index is -1.46. The van der Waals surface area contributed by atoms with Crippen LogP contribution in [0.25, 0.3) is 0 Å². The Balaban J connectivity index is 1.93. The zero-order valence-electron chi connectivity index (χ0n) is 23.8. The molecule has 1 aliphatic rings. The van der Waals surface area contributed by atoms with Gasteiger partial charge in [-0.15, -0.1) is 5.12 Å². The number of likely N-dealkylation sites (tertiary alicyclic amines) is 1. The van der Waals surface area contributed by atoms with Crippen molar-refractivity contribution in [3.05, 3.63) is 65.7 Å². The molecule has 2 aromatic carbocycles. The maximum Gasteiger partial charge on any atom is 0.409 e. The average Bonchev–Trinajstić information content (AvgIpc) is 3.24. The van der Waals surface area contributed by atoms with Gasteiger partial charge < -0.3 is 15.3 Å². The molecule has 1 fully saturated rings. The normalized spacial score (nSPS) is 17.6.